The van der Waals surface area contributed by atoms with Crippen molar-refractivity contribution in [3.63, 3.8) is 0 Å². The van der Waals surface area contributed by atoms with Gasteiger partial charge in [0.15, 0.2) is 0 Å². The summed E-state index contributed by atoms with van der Waals surface area (Å²) in [5.41, 5.74) is 12.2. The normalized spacial score (nSPS) is 16.0. The average molecular weight is 541 g/mol. The van der Waals surface area contributed by atoms with Crippen LogP contribution in [0.25, 0.3) is 5.57 Å². The van der Waals surface area contributed by atoms with E-state index < -0.39 is 0 Å². The minimum Gasteiger partial charge on any atom is -0.478 e. The lowest BCUT2D eigenvalue weighted by atomic mass is 9.94. The average Bonchev–Trinajstić information content (AvgIpc) is 2.96. The van der Waals surface area contributed by atoms with Crippen molar-refractivity contribution in [3.05, 3.63) is 83.7 Å². The van der Waals surface area contributed by atoms with Crippen LogP contribution in [0.3, 0.4) is 0 Å². The maximum atomic E-state index is 6.18. The number of allylic oxidation sites excluding steroid dienone is 2. The number of pyridine rings is 1. The van der Waals surface area contributed by atoms with Gasteiger partial charge >= 0.3 is 0 Å². The minimum atomic E-state index is 0.327. The number of nitrogens with two attached hydrogens (primary N) is 1. The Balaban J connectivity index is 1.31. The molecular formula is C31H40N8O. The molecule has 0 aliphatic carbocycles. The molecule has 2 aliphatic heterocycles. The van der Waals surface area contributed by atoms with Gasteiger partial charge in [0.1, 0.15) is 11.6 Å². The van der Waals surface area contributed by atoms with Crippen LogP contribution in [0.1, 0.15) is 29.2 Å². The van der Waals surface area contributed by atoms with Gasteiger partial charge in [-0.05, 0) is 54.3 Å². The van der Waals surface area contributed by atoms with Gasteiger partial charge in [0.2, 0.25) is 11.8 Å². The highest BCUT2D eigenvalue weighted by atomic mass is 16.5. The summed E-state index contributed by atoms with van der Waals surface area (Å²) in [6, 6.07) is 12.8. The summed E-state index contributed by atoms with van der Waals surface area (Å²) >= 11 is 0. The van der Waals surface area contributed by atoms with Gasteiger partial charge in [0.25, 0.3) is 0 Å². The first-order valence-electron chi connectivity index (χ1n) is 14.0. The molecule has 40 heavy (non-hydrogen) atoms. The van der Waals surface area contributed by atoms with Crippen LogP contribution in [-0.4, -0.2) is 78.2 Å². The van der Waals surface area contributed by atoms with E-state index in [1.54, 1.807) is 0 Å². The third-order valence-corrected chi connectivity index (χ3v) is 7.52. The molecular weight excluding hydrogens is 500 g/mol. The third-order valence-electron chi connectivity index (χ3n) is 7.52. The van der Waals surface area contributed by atoms with Gasteiger partial charge in [-0.3, -0.25) is 0 Å². The Morgan fingerprint density at radius 1 is 1.02 bits per heavy atom. The molecule has 1 saturated heterocycles. The van der Waals surface area contributed by atoms with E-state index in [4.69, 9.17) is 10.5 Å². The molecule has 0 amide bonds. The van der Waals surface area contributed by atoms with Crippen molar-refractivity contribution >= 4 is 23.2 Å². The lowest BCUT2D eigenvalue weighted by Crippen LogP contribution is -2.45. The summed E-state index contributed by atoms with van der Waals surface area (Å²) in [5, 5.41) is 0. The van der Waals surface area contributed by atoms with Crippen LogP contribution >= 0.6 is 0 Å². The summed E-state index contributed by atoms with van der Waals surface area (Å²) < 4.78 is 5.46. The van der Waals surface area contributed by atoms with E-state index >= 15 is 0 Å². The first-order chi connectivity index (χ1) is 19.4. The Hall–Kier alpha value is -4.11. The van der Waals surface area contributed by atoms with Crippen molar-refractivity contribution in [2.24, 2.45) is 0 Å². The number of rotatable bonds is 9. The van der Waals surface area contributed by atoms with Crippen molar-refractivity contribution in [1.29, 1.82) is 0 Å². The van der Waals surface area contributed by atoms with Crippen LogP contribution in [0, 0.1) is 0 Å². The number of anilines is 3. The Morgan fingerprint density at radius 2 is 1.80 bits per heavy atom. The molecule has 4 heterocycles. The lowest BCUT2D eigenvalue weighted by molar-refractivity contribution is 0.312. The molecule has 1 aromatic carbocycles. The molecule has 2 aliphatic rings. The predicted octanol–water partition coefficient (Wildman–Crippen LogP) is 3.83. The third kappa shape index (κ3) is 6.54. The van der Waals surface area contributed by atoms with Gasteiger partial charge < -0.3 is 30.1 Å². The summed E-state index contributed by atoms with van der Waals surface area (Å²) in [6.45, 7) is 13.0. The molecule has 2 N–H and O–H groups in total. The summed E-state index contributed by atoms with van der Waals surface area (Å²) in [5.74, 6) is 2.78. The lowest BCUT2D eigenvalue weighted by Gasteiger charge is -2.34. The van der Waals surface area contributed by atoms with Crippen molar-refractivity contribution in [3.8, 4) is 5.88 Å². The Morgan fingerprint density at radius 3 is 2.50 bits per heavy atom. The molecule has 0 spiro atoms. The zero-order valence-electron chi connectivity index (χ0n) is 23.9. The second kappa shape index (κ2) is 12.4. The van der Waals surface area contributed by atoms with Crippen LogP contribution < -0.4 is 20.3 Å². The number of nitrogens with zero attached hydrogens (tertiary/aromatic N) is 7. The zero-order valence-corrected chi connectivity index (χ0v) is 23.9. The van der Waals surface area contributed by atoms with Crippen LogP contribution in [0.15, 0.2) is 61.4 Å². The molecule has 0 unspecified atom stereocenters. The topological polar surface area (TPSA) is 86.9 Å². The second-order valence-electron chi connectivity index (χ2n) is 10.5. The fourth-order valence-electron chi connectivity index (χ4n) is 5.29. The monoisotopic (exact) mass is 540 g/mol. The highest BCUT2D eigenvalue weighted by molar-refractivity contribution is 5.74. The quantitative estimate of drug-likeness (QED) is 0.407. The number of hydrogen-bond acceptors (Lipinski definition) is 9. The van der Waals surface area contributed by atoms with Crippen LogP contribution in [0.4, 0.5) is 17.6 Å². The van der Waals surface area contributed by atoms with E-state index in [0.717, 1.165) is 80.6 Å². The number of fused-ring (bicyclic) bond motifs is 1. The molecule has 210 valence electrons. The van der Waals surface area contributed by atoms with Gasteiger partial charge in [-0.1, -0.05) is 30.9 Å². The molecule has 0 atom stereocenters. The van der Waals surface area contributed by atoms with E-state index in [9.17, 15) is 0 Å². The van der Waals surface area contributed by atoms with Crippen molar-refractivity contribution in [2.45, 2.75) is 26.4 Å². The van der Waals surface area contributed by atoms with Crippen molar-refractivity contribution in [1.82, 2.24) is 24.8 Å². The Kier molecular flexibility index (Phi) is 8.50. The number of benzene rings is 1. The first-order valence-corrected chi connectivity index (χ1v) is 14.0. The highest BCUT2D eigenvalue weighted by Crippen LogP contribution is 2.29. The number of ether oxygens (including phenoxy) is 1. The fourth-order valence-corrected chi connectivity index (χ4v) is 5.29. The second-order valence-corrected chi connectivity index (χ2v) is 10.5. The molecule has 1 fully saturated rings. The van der Waals surface area contributed by atoms with E-state index in [1.165, 1.54) is 11.1 Å². The number of hydrogen-bond donors (Lipinski definition) is 1. The standard InChI is InChI=1S/C31H40N8O/c1-5-24(21-37(4)20-23-7-10-30(33-19-23)40-6-2)26-9-8-25-11-12-39(22-27(25)17-26)29-18-28(34-31(32)35-29)38-15-13-36(3)14-16-38/h5,7-10,17-19,21H,1,6,11-16,20,22H2,2-4H3,(H2,32,34,35)/b24-21+. The molecule has 2 aromatic heterocycles. The molecule has 9 heteroatoms. The van der Waals surface area contributed by atoms with Gasteiger partial charge in [-0.2, -0.15) is 9.97 Å². The predicted molar refractivity (Wildman–Crippen MR) is 162 cm³/mol. The molecule has 0 saturated carbocycles. The van der Waals surface area contributed by atoms with E-state index in [0.29, 0.717) is 18.4 Å². The molecule has 9 nitrogen and oxygen atoms in total. The van der Waals surface area contributed by atoms with Gasteiger partial charge in [-0.15, -0.1) is 0 Å². The summed E-state index contributed by atoms with van der Waals surface area (Å²) in [4.78, 5) is 22.7. The van der Waals surface area contributed by atoms with Gasteiger partial charge in [0, 0.05) is 77.4 Å². The maximum absolute atomic E-state index is 6.18. The number of likely N-dealkylation sites (N-methyl/N-ethyl adjacent to an activating group) is 1. The van der Waals surface area contributed by atoms with Crippen molar-refractivity contribution < 1.29 is 4.74 Å². The highest BCUT2D eigenvalue weighted by Gasteiger charge is 2.22. The van der Waals surface area contributed by atoms with Crippen LogP contribution in [0.5, 0.6) is 5.88 Å². The van der Waals surface area contributed by atoms with E-state index in [-0.39, 0.29) is 0 Å². The maximum Gasteiger partial charge on any atom is 0.223 e. The molecule has 5 rings (SSSR count). The SMILES string of the molecule is C=C/C(=C\N(C)Cc1ccc(OCC)nc1)c1ccc2c(c1)CN(c1cc(N3CCN(C)CC3)nc(N)n1)CC2. The molecule has 3 aromatic rings. The van der Waals surface area contributed by atoms with Crippen LogP contribution in [-0.2, 0) is 19.5 Å². The Labute approximate surface area is 237 Å². The van der Waals surface area contributed by atoms with Gasteiger partial charge in [0.05, 0.1) is 6.61 Å². The Bertz CT molecular complexity index is 1350. The number of piperazine rings is 1. The number of nitrogen functional groups attached to an aromatic ring is 1. The van der Waals surface area contributed by atoms with E-state index in [1.807, 2.05) is 25.3 Å². The minimum absolute atomic E-state index is 0.327. The summed E-state index contributed by atoms with van der Waals surface area (Å²) in [7, 11) is 4.22. The molecule has 0 radical (unpaired) electrons. The zero-order chi connectivity index (χ0) is 28.1. The fraction of sp³-hybridized carbons (Fsp3) is 0.387. The van der Waals surface area contributed by atoms with Gasteiger partial charge in [-0.25, -0.2) is 4.98 Å². The first kappa shape index (κ1) is 27.5. The smallest absolute Gasteiger partial charge is 0.223 e. The van der Waals surface area contributed by atoms with Crippen molar-refractivity contribution in [2.75, 3.05) is 69.0 Å². The van der Waals surface area contributed by atoms with Crippen LogP contribution in [0.2, 0.25) is 0 Å². The largest absolute Gasteiger partial charge is 0.478 e. The van der Waals surface area contributed by atoms with E-state index in [2.05, 4.69) is 91.8 Å². The number of aromatic nitrogens is 3. The molecule has 0 bridgehead atoms. The summed E-state index contributed by atoms with van der Waals surface area (Å²) in [6.07, 6.45) is 6.88.